The van der Waals surface area contributed by atoms with Gasteiger partial charge in [0.25, 0.3) is 0 Å². The van der Waals surface area contributed by atoms with E-state index in [1.807, 2.05) is 0 Å². The molecule has 0 radical (unpaired) electrons. The molecule has 0 aromatic heterocycles. The molecule has 1 amide bonds. The number of carbonyl (C=O) groups is 1. The summed E-state index contributed by atoms with van der Waals surface area (Å²) in [5.41, 5.74) is -0.00720. The van der Waals surface area contributed by atoms with E-state index in [1.165, 1.54) is 0 Å². The lowest BCUT2D eigenvalue weighted by molar-refractivity contribution is -0.141. The van der Waals surface area contributed by atoms with Crippen LogP contribution in [0.15, 0.2) is 12.2 Å². The lowest BCUT2D eigenvalue weighted by Gasteiger charge is -2.43. The van der Waals surface area contributed by atoms with Crippen LogP contribution in [0.2, 0.25) is 0 Å². The van der Waals surface area contributed by atoms with Crippen molar-refractivity contribution in [2.24, 2.45) is 17.8 Å². The van der Waals surface area contributed by atoms with Gasteiger partial charge >= 0.3 is 0 Å². The average Bonchev–Trinajstić information content (AvgIpc) is 3.37. The van der Waals surface area contributed by atoms with Crippen LogP contribution in [0.25, 0.3) is 0 Å². The van der Waals surface area contributed by atoms with E-state index < -0.39 is 0 Å². The number of rotatable bonds is 6. The van der Waals surface area contributed by atoms with E-state index in [-0.39, 0.29) is 11.5 Å². The first-order valence-corrected chi connectivity index (χ1v) is 11.0. The van der Waals surface area contributed by atoms with Gasteiger partial charge in [-0.1, -0.05) is 12.2 Å². The number of allylic oxidation sites excluding steroid dienone is 2. The fraction of sp³-hybridized carbons (Fsp3) is 0.864. The first kappa shape index (κ1) is 19.4. The number of nitrogens with zero attached hydrogens (tertiary/aromatic N) is 1. The van der Waals surface area contributed by atoms with Gasteiger partial charge in [-0.05, 0) is 63.2 Å². The Morgan fingerprint density at radius 2 is 1.81 bits per heavy atom. The van der Waals surface area contributed by atoms with Crippen molar-refractivity contribution in [3.63, 3.8) is 0 Å². The van der Waals surface area contributed by atoms with Crippen molar-refractivity contribution in [2.45, 2.75) is 57.0 Å². The van der Waals surface area contributed by atoms with Gasteiger partial charge < -0.3 is 19.1 Å². The Balaban J connectivity index is 1.20. The summed E-state index contributed by atoms with van der Waals surface area (Å²) in [4.78, 5) is 14.7. The van der Waals surface area contributed by atoms with Gasteiger partial charge in [-0.25, -0.2) is 0 Å². The first-order valence-electron chi connectivity index (χ1n) is 11.0. The van der Waals surface area contributed by atoms with E-state index in [9.17, 15) is 4.79 Å². The van der Waals surface area contributed by atoms with Crippen molar-refractivity contribution in [1.29, 1.82) is 0 Å². The Morgan fingerprint density at radius 3 is 2.56 bits per heavy atom. The predicted octanol–water partition coefficient (Wildman–Crippen LogP) is 3.18. The summed E-state index contributed by atoms with van der Waals surface area (Å²) >= 11 is 0. The highest BCUT2D eigenvalue weighted by atomic mass is 16.5. The number of carbonyl (C=O) groups excluding carboxylic acids is 1. The quantitative estimate of drug-likeness (QED) is 0.527. The highest BCUT2D eigenvalue weighted by Gasteiger charge is 2.46. The molecule has 4 aliphatic rings. The number of ether oxygens (including phenoxy) is 3. The highest BCUT2D eigenvalue weighted by Crippen LogP contribution is 2.42. The minimum Gasteiger partial charge on any atom is -0.381 e. The zero-order valence-electron chi connectivity index (χ0n) is 16.6. The lowest BCUT2D eigenvalue weighted by Crippen LogP contribution is -2.50. The molecule has 3 fully saturated rings. The second-order valence-corrected chi connectivity index (χ2v) is 8.78. The molecule has 0 saturated carbocycles. The van der Waals surface area contributed by atoms with Gasteiger partial charge in [-0.15, -0.1) is 0 Å². The first-order chi connectivity index (χ1) is 13.3. The third-order valence-electron chi connectivity index (χ3n) is 7.18. The topological polar surface area (TPSA) is 48.0 Å². The molecule has 5 heteroatoms. The van der Waals surface area contributed by atoms with Crippen molar-refractivity contribution in [3.8, 4) is 0 Å². The van der Waals surface area contributed by atoms with E-state index in [1.54, 1.807) is 0 Å². The van der Waals surface area contributed by atoms with Gasteiger partial charge in [-0.3, -0.25) is 4.79 Å². The van der Waals surface area contributed by atoms with E-state index in [0.29, 0.717) is 17.7 Å². The maximum atomic E-state index is 12.7. The normalized spacial score (nSPS) is 29.0. The maximum absolute atomic E-state index is 12.7. The maximum Gasteiger partial charge on any atom is 0.226 e. The van der Waals surface area contributed by atoms with Gasteiger partial charge in [0.05, 0.1) is 5.60 Å². The van der Waals surface area contributed by atoms with Gasteiger partial charge in [0.15, 0.2) is 0 Å². The molecular formula is C22H35NO4. The van der Waals surface area contributed by atoms with Crippen LogP contribution in [0.5, 0.6) is 0 Å². The number of likely N-dealkylation sites (tertiary alicyclic amines) is 1. The van der Waals surface area contributed by atoms with E-state index in [2.05, 4.69) is 17.1 Å². The molecule has 1 atom stereocenters. The monoisotopic (exact) mass is 377 g/mol. The number of piperidine rings is 1. The van der Waals surface area contributed by atoms with E-state index >= 15 is 0 Å². The zero-order valence-corrected chi connectivity index (χ0v) is 16.6. The summed E-state index contributed by atoms with van der Waals surface area (Å²) < 4.78 is 17.7. The molecule has 3 aliphatic heterocycles. The summed E-state index contributed by atoms with van der Waals surface area (Å²) in [6, 6.07) is 0. The van der Waals surface area contributed by atoms with Crippen LogP contribution in [-0.4, -0.2) is 62.5 Å². The number of amides is 1. The van der Waals surface area contributed by atoms with Crippen molar-refractivity contribution in [2.75, 3.05) is 46.1 Å². The molecule has 3 saturated heterocycles. The molecule has 4 rings (SSSR count). The molecule has 0 bridgehead atoms. The Hall–Kier alpha value is -0.910. The summed E-state index contributed by atoms with van der Waals surface area (Å²) in [6.45, 7) is 6.07. The van der Waals surface area contributed by atoms with Crippen LogP contribution in [0.3, 0.4) is 0 Å². The summed E-state index contributed by atoms with van der Waals surface area (Å²) in [5, 5.41) is 0. The molecule has 27 heavy (non-hydrogen) atoms. The highest BCUT2D eigenvalue weighted by molar-refractivity contribution is 5.79. The van der Waals surface area contributed by atoms with Crippen LogP contribution < -0.4 is 0 Å². The van der Waals surface area contributed by atoms with Crippen molar-refractivity contribution >= 4 is 5.91 Å². The van der Waals surface area contributed by atoms with Gasteiger partial charge in [0.1, 0.15) is 0 Å². The molecule has 0 N–H and O–H groups in total. The number of hydrogen-bond acceptors (Lipinski definition) is 4. The molecule has 152 valence electrons. The fourth-order valence-corrected chi connectivity index (χ4v) is 5.32. The zero-order chi connectivity index (χ0) is 18.5. The van der Waals surface area contributed by atoms with Crippen molar-refractivity contribution < 1.29 is 19.0 Å². The molecule has 1 aliphatic carbocycles. The second-order valence-electron chi connectivity index (χ2n) is 8.78. The summed E-state index contributed by atoms with van der Waals surface area (Å²) in [7, 11) is 0. The minimum absolute atomic E-state index is 0.00720. The van der Waals surface area contributed by atoms with Crippen LogP contribution in [0, 0.1) is 17.8 Å². The van der Waals surface area contributed by atoms with Crippen LogP contribution >= 0.6 is 0 Å². The number of hydrogen-bond donors (Lipinski definition) is 0. The largest absolute Gasteiger partial charge is 0.381 e. The molecule has 0 aromatic rings. The Morgan fingerprint density at radius 1 is 1.07 bits per heavy atom. The van der Waals surface area contributed by atoms with Crippen LogP contribution in [-0.2, 0) is 19.0 Å². The van der Waals surface area contributed by atoms with E-state index in [0.717, 1.165) is 97.5 Å². The standard InChI is InChI=1S/C22H35NO4/c24-21(19-3-1-2-4-19)23-11-9-22(10-12-23)20(8-16-27-22)7-15-26-17-18-5-13-25-14-6-18/h1-2,18-20H,3-17H2. The Labute approximate surface area is 163 Å². The summed E-state index contributed by atoms with van der Waals surface area (Å²) in [5.74, 6) is 1.80. The Bertz CT molecular complexity index is 512. The molecular weight excluding hydrogens is 342 g/mol. The SMILES string of the molecule is O=C(C1CC=CC1)N1CCC2(CC1)OCCC2CCOCC1CCOCC1. The van der Waals surface area contributed by atoms with Crippen molar-refractivity contribution in [3.05, 3.63) is 12.2 Å². The molecule has 0 aromatic carbocycles. The smallest absolute Gasteiger partial charge is 0.226 e. The van der Waals surface area contributed by atoms with E-state index in [4.69, 9.17) is 14.2 Å². The molecule has 1 unspecified atom stereocenters. The van der Waals surface area contributed by atoms with Crippen LogP contribution in [0.1, 0.15) is 51.4 Å². The van der Waals surface area contributed by atoms with Crippen molar-refractivity contribution in [1.82, 2.24) is 4.90 Å². The summed E-state index contributed by atoms with van der Waals surface area (Å²) in [6.07, 6.45) is 12.6. The minimum atomic E-state index is -0.00720. The van der Waals surface area contributed by atoms with Crippen LogP contribution in [0.4, 0.5) is 0 Å². The lowest BCUT2D eigenvalue weighted by atomic mass is 9.78. The predicted molar refractivity (Wildman–Crippen MR) is 103 cm³/mol. The second kappa shape index (κ2) is 9.06. The van der Waals surface area contributed by atoms with Gasteiger partial charge in [-0.2, -0.15) is 0 Å². The third kappa shape index (κ3) is 4.57. The third-order valence-corrected chi connectivity index (χ3v) is 7.18. The molecule has 5 nitrogen and oxygen atoms in total. The average molecular weight is 378 g/mol. The fourth-order valence-electron chi connectivity index (χ4n) is 5.32. The molecule has 3 heterocycles. The van der Waals surface area contributed by atoms with Gasteiger partial charge in [0, 0.05) is 52.0 Å². The van der Waals surface area contributed by atoms with Gasteiger partial charge in [0.2, 0.25) is 5.91 Å². The Kier molecular flexibility index (Phi) is 6.51. The molecule has 1 spiro atoms.